The van der Waals surface area contributed by atoms with E-state index in [2.05, 4.69) is 21.4 Å². The molecule has 118 valence electrons. The van der Waals surface area contributed by atoms with Crippen molar-refractivity contribution in [1.29, 1.82) is 0 Å². The predicted molar refractivity (Wildman–Crippen MR) is 96.9 cm³/mol. The fourth-order valence-corrected chi connectivity index (χ4v) is 3.40. The maximum atomic E-state index is 6.16. The second-order valence-electron chi connectivity index (χ2n) is 5.30. The summed E-state index contributed by atoms with van der Waals surface area (Å²) in [6, 6.07) is 14.0. The van der Waals surface area contributed by atoms with Crippen LogP contribution >= 0.6 is 22.9 Å². The van der Waals surface area contributed by atoms with Crippen molar-refractivity contribution in [3.05, 3.63) is 69.9 Å². The van der Waals surface area contributed by atoms with Crippen LogP contribution in [0.5, 0.6) is 0 Å². The number of rotatable bonds is 6. The molecule has 2 aromatic heterocycles. The first-order chi connectivity index (χ1) is 11.2. The fourth-order valence-electron chi connectivity index (χ4n) is 2.31. The molecule has 5 heteroatoms. The second-order valence-corrected chi connectivity index (χ2v) is 6.82. The van der Waals surface area contributed by atoms with E-state index in [1.807, 2.05) is 49.5 Å². The van der Waals surface area contributed by atoms with Gasteiger partial charge in [0, 0.05) is 23.5 Å². The molecule has 0 bridgehead atoms. The Morgan fingerprint density at radius 2 is 2.00 bits per heavy atom. The van der Waals surface area contributed by atoms with Gasteiger partial charge in [-0.1, -0.05) is 35.9 Å². The zero-order valence-electron chi connectivity index (χ0n) is 12.9. The van der Waals surface area contributed by atoms with Crippen molar-refractivity contribution in [2.24, 2.45) is 0 Å². The average Bonchev–Trinajstić information content (AvgIpc) is 3.02. The van der Waals surface area contributed by atoms with Crippen LogP contribution in [0.2, 0.25) is 5.02 Å². The largest absolute Gasteiger partial charge is 0.310 e. The first kappa shape index (κ1) is 16.1. The average molecular weight is 344 g/mol. The fraction of sp³-hybridized carbons (Fsp3) is 0.222. The van der Waals surface area contributed by atoms with E-state index in [4.69, 9.17) is 11.6 Å². The van der Waals surface area contributed by atoms with Crippen molar-refractivity contribution < 1.29 is 0 Å². The van der Waals surface area contributed by atoms with E-state index in [9.17, 15) is 0 Å². The van der Waals surface area contributed by atoms with Crippen LogP contribution in [0, 0.1) is 6.92 Å². The van der Waals surface area contributed by atoms with Crippen LogP contribution in [0.4, 0.5) is 0 Å². The van der Waals surface area contributed by atoms with Crippen molar-refractivity contribution >= 4 is 22.9 Å². The molecule has 0 aliphatic rings. The highest BCUT2D eigenvalue weighted by molar-refractivity contribution is 7.15. The van der Waals surface area contributed by atoms with Crippen LogP contribution in [-0.2, 0) is 13.0 Å². The lowest BCUT2D eigenvalue weighted by atomic mass is 10.1. The van der Waals surface area contributed by atoms with E-state index in [1.54, 1.807) is 11.3 Å². The van der Waals surface area contributed by atoms with Crippen molar-refractivity contribution in [3.8, 4) is 10.6 Å². The number of nitrogens with one attached hydrogen (secondary N) is 1. The quantitative estimate of drug-likeness (QED) is 0.670. The molecular weight excluding hydrogens is 326 g/mol. The number of aryl methyl sites for hydroxylation is 1. The van der Waals surface area contributed by atoms with Gasteiger partial charge in [-0.05, 0) is 43.7 Å². The zero-order valence-corrected chi connectivity index (χ0v) is 14.5. The molecule has 0 aliphatic heterocycles. The lowest BCUT2D eigenvalue weighted by Crippen LogP contribution is -2.16. The standard InChI is InChI=1S/C18H18ClN3S/c1-13-5-4-8-16(22-13)17-11-21-18(23-17)12-20-10-9-14-6-2-3-7-15(14)19/h2-8,11,20H,9-10,12H2,1H3. The lowest BCUT2D eigenvalue weighted by Gasteiger charge is -2.04. The van der Waals surface area contributed by atoms with Gasteiger partial charge in [-0.15, -0.1) is 11.3 Å². The predicted octanol–water partition coefficient (Wildman–Crippen LogP) is 4.50. The normalized spacial score (nSPS) is 10.9. The summed E-state index contributed by atoms with van der Waals surface area (Å²) in [4.78, 5) is 10.1. The Labute approximate surface area is 145 Å². The Kier molecular flexibility index (Phi) is 5.39. The molecule has 0 aliphatic carbocycles. The summed E-state index contributed by atoms with van der Waals surface area (Å²) in [7, 11) is 0. The number of pyridine rings is 1. The van der Waals surface area contributed by atoms with Gasteiger partial charge in [0.05, 0.1) is 10.6 Å². The topological polar surface area (TPSA) is 37.8 Å². The molecule has 1 aromatic carbocycles. The molecule has 3 nitrogen and oxygen atoms in total. The number of thiazole rings is 1. The summed E-state index contributed by atoms with van der Waals surface area (Å²) in [6.45, 7) is 3.64. The van der Waals surface area contributed by atoms with Crippen molar-refractivity contribution in [2.45, 2.75) is 19.9 Å². The minimum Gasteiger partial charge on any atom is -0.310 e. The molecular formula is C18H18ClN3S. The number of hydrogen-bond donors (Lipinski definition) is 1. The Morgan fingerprint density at radius 3 is 2.83 bits per heavy atom. The minimum atomic E-state index is 0.765. The number of hydrogen-bond acceptors (Lipinski definition) is 4. The Hall–Kier alpha value is -1.75. The number of nitrogens with zero attached hydrogens (tertiary/aromatic N) is 2. The van der Waals surface area contributed by atoms with Gasteiger partial charge in [-0.3, -0.25) is 4.98 Å². The van der Waals surface area contributed by atoms with Crippen LogP contribution in [0.3, 0.4) is 0 Å². The molecule has 2 heterocycles. The van der Waals surface area contributed by atoms with Gasteiger partial charge in [0.2, 0.25) is 0 Å². The first-order valence-electron chi connectivity index (χ1n) is 7.55. The van der Waals surface area contributed by atoms with Gasteiger partial charge in [-0.2, -0.15) is 0 Å². The molecule has 3 aromatic rings. The van der Waals surface area contributed by atoms with Crippen molar-refractivity contribution in [3.63, 3.8) is 0 Å². The number of benzene rings is 1. The highest BCUT2D eigenvalue weighted by Crippen LogP contribution is 2.24. The Bertz CT molecular complexity index is 785. The smallest absolute Gasteiger partial charge is 0.107 e. The highest BCUT2D eigenvalue weighted by atomic mass is 35.5. The van der Waals surface area contributed by atoms with Crippen LogP contribution in [-0.4, -0.2) is 16.5 Å². The molecule has 0 saturated carbocycles. The molecule has 0 amide bonds. The van der Waals surface area contributed by atoms with E-state index in [0.29, 0.717) is 0 Å². The molecule has 0 spiro atoms. The van der Waals surface area contributed by atoms with Crippen LogP contribution in [0.1, 0.15) is 16.3 Å². The summed E-state index contributed by atoms with van der Waals surface area (Å²) in [5, 5.41) is 5.32. The molecule has 0 saturated heterocycles. The van der Waals surface area contributed by atoms with Gasteiger partial charge in [0.1, 0.15) is 5.01 Å². The van der Waals surface area contributed by atoms with Gasteiger partial charge in [0.25, 0.3) is 0 Å². The lowest BCUT2D eigenvalue weighted by molar-refractivity contribution is 0.684. The van der Waals surface area contributed by atoms with Crippen LogP contribution in [0.25, 0.3) is 10.6 Å². The molecule has 1 N–H and O–H groups in total. The maximum Gasteiger partial charge on any atom is 0.107 e. The minimum absolute atomic E-state index is 0.765. The van der Waals surface area contributed by atoms with Crippen molar-refractivity contribution in [1.82, 2.24) is 15.3 Å². The van der Waals surface area contributed by atoms with Gasteiger partial charge < -0.3 is 5.32 Å². The molecule has 3 rings (SSSR count). The molecule has 23 heavy (non-hydrogen) atoms. The summed E-state index contributed by atoms with van der Waals surface area (Å²) >= 11 is 7.84. The third-order valence-electron chi connectivity index (χ3n) is 3.50. The van der Waals surface area contributed by atoms with Crippen LogP contribution in [0.15, 0.2) is 48.7 Å². The SMILES string of the molecule is Cc1cccc(-c2cnc(CNCCc3ccccc3Cl)s2)n1. The van der Waals surface area contributed by atoms with Gasteiger partial charge in [0.15, 0.2) is 0 Å². The maximum absolute atomic E-state index is 6.16. The second kappa shape index (κ2) is 7.68. The monoisotopic (exact) mass is 343 g/mol. The van der Waals surface area contributed by atoms with E-state index >= 15 is 0 Å². The van der Waals surface area contributed by atoms with E-state index in [-0.39, 0.29) is 0 Å². The summed E-state index contributed by atoms with van der Waals surface area (Å²) in [5.41, 5.74) is 3.19. The molecule has 0 fully saturated rings. The summed E-state index contributed by atoms with van der Waals surface area (Å²) in [6.07, 6.45) is 2.81. The van der Waals surface area contributed by atoms with E-state index in [0.717, 1.165) is 45.8 Å². The van der Waals surface area contributed by atoms with Gasteiger partial charge in [-0.25, -0.2) is 4.98 Å². The van der Waals surface area contributed by atoms with Crippen LogP contribution < -0.4 is 5.32 Å². The molecule has 0 unspecified atom stereocenters. The third-order valence-corrected chi connectivity index (χ3v) is 4.89. The Balaban J connectivity index is 1.53. The third kappa shape index (κ3) is 4.38. The summed E-state index contributed by atoms with van der Waals surface area (Å²) in [5.74, 6) is 0. The first-order valence-corrected chi connectivity index (χ1v) is 8.74. The highest BCUT2D eigenvalue weighted by Gasteiger charge is 2.06. The summed E-state index contributed by atoms with van der Waals surface area (Å²) < 4.78 is 0. The molecule has 0 atom stereocenters. The van der Waals surface area contributed by atoms with Crippen molar-refractivity contribution in [2.75, 3.05) is 6.54 Å². The number of halogens is 1. The van der Waals surface area contributed by atoms with Gasteiger partial charge >= 0.3 is 0 Å². The Morgan fingerprint density at radius 1 is 1.13 bits per heavy atom. The van der Waals surface area contributed by atoms with E-state index < -0.39 is 0 Å². The number of aromatic nitrogens is 2. The molecule has 0 radical (unpaired) electrons. The van der Waals surface area contributed by atoms with E-state index in [1.165, 1.54) is 5.56 Å². The zero-order chi connectivity index (χ0) is 16.1.